The molecule has 144 valence electrons. The number of carbonyl (C=O) groups excluding carboxylic acids is 3. The highest BCUT2D eigenvalue weighted by molar-refractivity contribution is 6.24. The lowest BCUT2D eigenvalue weighted by Crippen LogP contribution is -2.17. The minimum atomic E-state index is -0.153. The lowest BCUT2D eigenvalue weighted by atomic mass is 9.87. The molecule has 1 aliphatic carbocycles. The number of aliphatic hydroxyl groups excluding tert-OH is 1. The number of hydrogen-bond acceptors (Lipinski definition) is 4. The molecule has 0 saturated heterocycles. The van der Waals surface area contributed by atoms with Crippen molar-refractivity contribution < 1.29 is 19.5 Å². The van der Waals surface area contributed by atoms with Crippen molar-refractivity contribution in [2.75, 3.05) is 6.61 Å². The van der Waals surface area contributed by atoms with E-state index in [1.807, 2.05) is 30.3 Å². The van der Waals surface area contributed by atoms with Gasteiger partial charge in [-0.15, -0.1) is 0 Å². The average molecular weight is 376 g/mol. The number of fused-ring (bicyclic) bond motifs is 1. The fraction of sp³-hybridized carbons (Fsp3) is 0.292. The number of ketones is 3. The van der Waals surface area contributed by atoms with Gasteiger partial charge in [-0.25, -0.2) is 0 Å². The van der Waals surface area contributed by atoms with Crippen molar-refractivity contribution >= 4 is 17.3 Å². The predicted molar refractivity (Wildman–Crippen MR) is 107 cm³/mol. The van der Waals surface area contributed by atoms with E-state index in [4.69, 9.17) is 0 Å². The van der Waals surface area contributed by atoms with Gasteiger partial charge in [0.25, 0.3) is 0 Å². The van der Waals surface area contributed by atoms with E-state index in [1.54, 1.807) is 24.3 Å². The average Bonchev–Trinajstić information content (AvgIpc) is 2.72. The Balaban J connectivity index is 1.50. The Hall–Kier alpha value is -2.85. The highest BCUT2D eigenvalue weighted by Gasteiger charge is 2.24. The van der Waals surface area contributed by atoms with Gasteiger partial charge in [0.1, 0.15) is 5.78 Å². The van der Waals surface area contributed by atoms with E-state index in [1.165, 1.54) is 6.08 Å². The summed E-state index contributed by atoms with van der Waals surface area (Å²) in [6.45, 7) is -0.0322. The molecule has 2 aromatic carbocycles. The van der Waals surface area contributed by atoms with E-state index in [0.717, 1.165) is 5.56 Å². The first-order chi connectivity index (χ1) is 13.6. The fourth-order valence-electron chi connectivity index (χ4n) is 3.60. The maximum absolute atomic E-state index is 12.5. The van der Waals surface area contributed by atoms with Gasteiger partial charge in [0.05, 0.1) is 0 Å². The van der Waals surface area contributed by atoms with Gasteiger partial charge in [0.2, 0.25) is 0 Å². The Labute approximate surface area is 164 Å². The zero-order valence-electron chi connectivity index (χ0n) is 15.8. The molecule has 3 rings (SSSR count). The maximum atomic E-state index is 12.5. The monoisotopic (exact) mass is 376 g/mol. The van der Waals surface area contributed by atoms with E-state index in [0.29, 0.717) is 48.8 Å². The third kappa shape index (κ3) is 4.90. The zero-order valence-corrected chi connectivity index (χ0v) is 15.8. The Bertz CT molecular complexity index is 896. The summed E-state index contributed by atoms with van der Waals surface area (Å²) >= 11 is 0. The van der Waals surface area contributed by atoms with Crippen LogP contribution in [0, 0.1) is 5.92 Å². The van der Waals surface area contributed by atoms with Crippen molar-refractivity contribution in [3.05, 3.63) is 82.9 Å². The highest BCUT2D eigenvalue weighted by atomic mass is 16.3. The first-order valence-electron chi connectivity index (χ1n) is 9.63. The van der Waals surface area contributed by atoms with Crippen molar-refractivity contribution in [1.82, 2.24) is 0 Å². The second kappa shape index (κ2) is 9.38. The molecule has 0 spiro atoms. The number of benzene rings is 2. The van der Waals surface area contributed by atoms with Gasteiger partial charge in [-0.1, -0.05) is 54.6 Å². The molecule has 1 atom stereocenters. The van der Waals surface area contributed by atoms with Gasteiger partial charge in [0.15, 0.2) is 11.6 Å². The lowest BCUT2D eigenvalue weighted by molar-refractivity contribution is -0.120. The van der Waals surface area contributed by atoms with Crippen LogP contribution in [0.1, 0.15) is 52.0 Å². The largest absolute Gasteiger partial charge is 0.396 e. The Kier molecular flexibility index (Phi) is 6.66. The van der Waals surface area contributed by atoms with Crippen molar-refractivity contribution in [2.45, 2.75) is 32.1 Å². The van der Waals surface area contributed by atoms with Crippen molar-refractivity contribution in [3.63, 3.8) is 0 Å². The van der Waals surface area contributed by atoms with Crippen molar-refractivity contribution in [2.24, 2.45) is 5.92 Å². The number of carbonyl (C=O) groups is 3. The summed E-state index contributed by atoms with van der Waals surface area (Å²) in [5.74, 6) is -0.302. The molecule has 0 saturated carbocycles. The van der Waals surface area contributed by atoms with Crippen LogP contribution in [0.2, 0.25) is 0 Å². The van der Waals surface area contributed by atoms with E-state index in [2.05, 4.69) is 0 Å². The lowest BCUT2D eigenvalue weighted by Gasteiger charge is -2.15. The van der Waals surface area contributed by atoms with Crippen LogP contribution in [0.4, 0.5) is 0 Å². The standard InChI is InChI=1S/C24H24O4/c25-16-18(13-17-7-2-1-3-8-17)14-20(26)10-6-9-19-15-23(27)21-11-4-5-12-22(21)24(19)28/h1-5,7-8,11-12,15,18,25H,6,9-10,13-14,16H2/t18-/m1/s1. The molecule has 1 aliphatic rings. The van der Waals surface area contributed by atoms with Crippen LogP contribution >= 0.6 is 0 Å². The first-order valence-corrected chi connectivity index (χ1v) is 9.63. The second-order valence-corrected chi connectivity index (χ2v) is 7.24. The molecule has 28 heavy (non-hydrogen) atoms. The van der Waals surface area contributed by atoms with Crippen LogP contribution in [0.15, 0.2) is 66.2 Å². The SMILES string of the molecule is O=C(CCCC1=CC(=O)c2ccccc2C1=O)C[C@H](CO)Cc1ccccc1. The Morgan fingerprint density at radius 2 is 1.61 bits per heavy atom. The fourth-order valence-corrected chi connectivity index (χ4v) is 3.60. The van der Waals surface area contributed by atoms with E-state index >= 15 is 0 Å². The molecule has 2 aromatic rings. The van der Waals surface area contributed by atoms with Crippen molar-refractivity contribution in [3.8, 4) is 0 Å². The molecular formula is C24H24O4. The smallest absolute Gasteiger partial charge is 0.189 e. The van der Waals surface area contributed by atoms with Crippen LogP contribution < -0.4 is 0 Å². The van der Waals surface area contributed by atoms with Crippen molar-refractivity contribution in [1.29, 1.82) is 0 Å². The van der Waals surface area contributed by atoms with Gasteiger partial charge >= 0.3 is 0 Å². The minimum Gasteiger partial charge on any atom is -0.396 e. The molecule has 0 fully saturated rings. The molecular weight excluding hydrogens is 352 g/mol. The Morgan fingerprint density at radius 3 is 2.32 bits per heavy atom. The number of rotatable bonds is 9. The first kappa shape index (κ1) is 19.9. The number of aliphatic hydroxyl groups is 1. The highest BCUT2D eigenvalue weighted by Crippen LogP contribution is 2.24. The van der Waals surface area contributed by atoms with E-state index in [9.17, 15) is 19.5 Å². The zero-order chi connectivity index (χ0) is 19.9. The summed E-state index contributed by atoms with van der Waals surface area (Å²) in [7, 11) is 0. The molecule has 0 unspecified atom stereocenters. The van der Waals surface area contributed by atoms with Crippen LogP contribution in [-0.2, 0) is 11.2 Å². The van der Waals surface area contributed by atoms with Gasteiger partial charge in [-0.2, -0.15) is 0 Å². The van der Waals surface area contributed by atoms with Crippen LogP contribution in [0.3, 0.4) is 0 Å². The summed E-state index contributed by atoms with van der Waals surface area (Å²) in [6.07, 6.45) is 3.66. The molecule has 0 radical (unpaired) electrons. The molecule has 0 aromatic heterocycles. The number of allylic oxidation sites excluding steroid dienone is 2. The summed E-state index contributed by atoms with van der Waals surface area (Å²) in [5, 5.41) is 9.58. The normalized spacial score (nSPS) is 14.4. The quantitative estimate of drug-likeness (QED) is 0.719. The maximum Gasteiger partial charge on any atom is 0.189 e. The summed E-state index contributed by atoms with van der Waals surface area (Å²) in [6, 6.07) is 16.6. The molecule has 4 heteroatoms. The van der Waals surface area contributed by atoms with Crippen LogP contribution in [-0.4, -0.2) is 29.1 Å². The molecule has 4 nitrogen and oxygen atoms in total. The summed E-state index contributed by atoms with van der Waals surface area (Å²) < 4.78 is 0. The topological polar surface area (TPSA) is 71.4 Å². The predicted octanol–water partition coefficient (Wildman–Crippen LogP) is 3.97. The van der Waals surface area contributed by atoms with E-state index < -0.39 is 0 Å². The van der Waals surface area contributed by atoms with E-state index in [-0.39, 0.29) is 29.9 Å². The number of hydrogen-bond donors (Lipinski definition) is 1. The Morgan fingerprint density at radius 1 is 0.929 bits per heavy atom. The van der Waals surface area contributed by atoms with Crippen LogP contribution in [0.5, 0.6) is 0 Å². The molecule has 0 bridgehead atoms. The molecule has 0 heterocycles. The summed E-state index contributed by atoms with van der Waals surface area (Å²) in [5.41, 5.74) is 2.46. The van der Waals surface area contributed by atoms with Gasteiger partial charge in [0, 0.05) is 36.1 Å². The van der Waals surface area contributed by atoms with Crippen LogP contribution in [0.25, 0.3) is 0 Å². The molecule has 0 amide bonds. The summed E-state index contributed by atoms with van der Waals surface area (Å²) in [4.78, 5) is 37.0. The number of Topliss-reactive ketones (excluding diaryl/α,β-unsaturated/α-hetero) is 2. The molecule has 1 N–H and O–H groups in total. The van der Waals surface area contributed by atoms with Gasteiger partial charge in [-0.05, 0) is 36.8 Å². The van der Waals surface area contributed by atoms with Gasteiger partial charge < -0.3 is 5.11 Å². The second-order valence-electron chi connectivity index (χ2n) is 7.24. The van der Waals surface area contributed by atoms with Gasteiger partial charge in [-0.3, -0.25) is 14.4 Å². The minimum absolute atomic E-state index is 0.0322. The third-order valence-electron chi connectivity index (χ3n) is 5.08. The third-order valence-corrected chi connectivity index (χ3v) is 5.08. The molecule has 0 aliphatic heterocycles.